The van der Waals surface area contributed by atoms with E-state index in [2.05, 4.69) is 9.07 Å². The largest absolute Gasteiger partial charge is 0.416 e. The van der Waals surface area contributed by atoms with Crippen LogP contribution in [0.5, 0.6) is 5.95 Å². The predicted molar refractivity (Wildman–Crippen MR) is 48.7 cm³/mol. The molecule has 3 nitrogen and oxygen atoms in total. The van der Waals surface area contributed by atoms with Gasteiger partial charge in [-0.3, -0.25) is 0 Å². The van der Waals surface area contributed by atoms with E-state index < -0.39 is 17.7 Å². The Morgan fingerprint density at radius 3 is 2.25 bits per heavy atom. The molecule has 0 atom stereocenters. The van der Waals surface area contributed by atoms with E-state index in [1.54, 1.807) is 0 Å². The lowest BCUT2D eigenvalue weighted by molar-refractivity contribution is -0.296. The molecule has 0 fully saturated rings. The topological polar surface area (TPSA) is 47.2 Å². The molecular formula is C9H4F3NO2S. The van der Waals surface area contributed by atoms with Gasteiger partial charge in [0.1, 0.15) is 4.88 Å². The van der Waals surface area contributed by atoms with E-state index in [-0.39, 0.29) is 4.88 Å². The molecule has 7 heteroatoms. The molecule has 1 aromatic carbocycles. The lowest BCUT2D eigenvalue weighted by atomic mass is 10.1. The van der Waals surface area contributed by atoms with Crippen LogP contribution in [0.1, 0.15) is 5.56 Å². The summed E-state index contributed by atoms with van der Waals surface area (Å²) >= 11 is 0.806. The molecular weight excluding hydrogens is 243 g/mol. The Labute approximate surface area is 91.9 Å². The Morgan fingerprint density at radius 1 is 1.19 bits per heavy atom. The molecule has 1 heterocycles. The van der Waals surface area contributed by atoms with Crippen LogP contribution >= 0.6 is 11.5 Å². The molecule has 0 radical (unpaired) electrons. The van der Waals surface area contributed by atoms with Crippen molar-refractivity contribution in [1.82, 2.24) is 4.55 Å². The summed E-state index contributed by atoms with van der Waals surface area (Å²) in [6, 6.07) is 4.25. The molecule has 84 valence electrons. The first-order valence-corrected chi connectivity index (χ1v) is 4.89. The van der Waals surface area contributed by atoms with Crippen molar-refractivity contribution in [3.8, 4) is 16.4 Å². The summed E-state index contributed by atoms with van der Waals surface area (Å²) in [6.45, 7) is 0. The fraction of sp³-hybridized carbons (Fsp3) is 0.111. The Morgan fingerprint density at radius 2 is 1.81 bits per heavy atom. The van der Waals surface area contributed by atoms with E-state index in [0.29, 0.717) is 5.56 Å². The first-order valence-electron chi connectivity index (χ1n) is 4.12. The minimum absolute atomic E-state index is 0.189. The molecule has 0 saturated heterocycles. The van der Waals surface area contributed by atoms with Gasteiger partial charge in [-0.2, -0.15) is 13.2 Å². The van der Waals surface area contributed by atoms with Crippen LogP contribution in [0.4, 0.5) is 13.2 Å². The highest BCUT2D eigenvalue weighted by Gasteiger charge is 2.30. The first-order chi connectivity index (χ1) is 7.48. The van der Waals surface area contributed by atoms with Gasteiger partial charge in [0, 0.05) is 17.1 Å². The van der Waals surface area contributed by atoms with E-state index >= 15 is 0 Å². The third-order valence-corrected chi connectivity index (χ3v) is 2.64. The maximum absolute atomic E-state index is 12.3. The minimum atomic E-state index is -4.38. The van der Waals surface area contributed by atoms with Crippen LogP contribution < -0.4 is 5.11 Å². The van der Waals surface area contributed by atoms with E-state index in [1.165, 1.54) is 12.1 Å². The normalized spacial score (nSPS) is 11.7. The van der Waals surface area contributed by atoms with Gasteiger partial charge in [-0.05, 0) is 16.7 Å². The summed E-state index contributed by atoms with van der Waals surface area (Å²) in [5, 5.41) is 11.1. The second-order valence-corrected chi connectivity index (χ2v) is 3.69. The molecule has 0 aliphatic carbocycles. The number of rotatable bonds is 1. The molecule has 0 bridgehead atoms. The second-order valence-electron chi connectivity index (χ2n) is 2.95. The van der Waals surface area contributed by atoms with Crippen molar-refractivity contribution in [2.24, 2.45) is 0 Å². The number of aromatic nitrogens is 1. The minimum Gasteiger partial charge on any atom is -0.301 e. The van der Waals surface area contributed by atoms with Gasteiger partial charge >= 0.3 is 12.1 Å². The monoisotopic (exact) mass is 247 g/mol. The quantitative estimate of drug-likeness (QED) is 0.728. The van der Waals surface area contributed by atoms with Gasteiger partial charge in [-0.25, -0.2) is 5.11 Å². The van der Waals surface area contributed by atoms with E-state index in [0.717, 1.165) is 23.7 Å². The van der Waals surface area contributed by atoms with Crippen LogP contribution in [0.25, 0.3) is 10.4 Å². The van der Waals surface area contributed by atoms with Gasteiger partial charge in [0.15, 0.2) is 0 Å². The van der Waals surface area contributed by atoms with Crippen molar-refractivity contribution < 1.29 is 22.8 Å². The number of nitrogens with zero attached hydrogens (tertiary/aromatic N) is 1. The summed E-state index contributed by atoms with van der Waals surface area (Å²) in [6.07, 6.45) is -4.38. The van der Waals surface area contributed by atoms with Crippen molar-refractivity contribution in [2.45, 2.75) is 6.18 Å². The summed E-state index contributed by atoms with van der Waals surface area (Å²) < 4.78 is 44.4. The third kappa shape index (κ3) is 1.99. The van der Waals surface area contributed by atoms with E-state index in [9.17, 15) is 18.3 Å². The SMILES string of the molecule is [O-]c1[o+]nsc1-c1ccc(C(F)(F)F)cc1. The molecule has 0 amide bonds. The molecule has 0 saturated carbocycles. The number of hydrogen-bond acceptors (Lipinski definition) is 3. The van der Waals surface area contributed by atoms with Crippen LogP contribution in [0.3, 0.4) is 0 Å². The number of alkyl halides is 3. The standard InChI is InChI=1S/C9H4F3NO2S/c10-9(11,12)6-3-1-5(2-4-6)7-8(14)15-13-16-7/h1-4H. The lowest BCUT2D eigenvalue weighted by Crippen LogP contribution is -2.04. The highest BCUT2D eigenvalue weighted by atomic mass is 32.1. The van der Waals surface area contributed by atoms with Crippen LogP contribution in [0.15, 0.2) is 28.8 Å². The first kappa shape index (κ1) is 10.9. The summed E-state index contributed by atoms with van der Waals surface area (Å²) in [5.41, 5.74) is -0.394. The van der Waals surface area contributed by atoms with E-state index in [4.69, 9.17) is 0 Å². The van der Waals surface area contributed by atoms with Crippen molar-refractivity contribution >= 4 is 11.5 Å². The van der Waals surface area contributed by atoms with Gasteiger partial charge < -0.3 is 4.52 Å². The number of benzene rings is 1. The number of hydrogen-bond donors (Lipinski definition) is 0. The maximum atomic E-state index is 12.3. The van der Waals surface area contributed by atoms with E-state index in [1.807, 2.05) is 0 Å². The van der Waals surface area contributed by atoms with Crippen molar-refractivity contribution in [3.63, 3.8) is 0 Å². The summed E-state index contributed by atoms with van der Waals surface area (Å²) in [5.74, 6) is -0.648. The Hall–Kier alpha value is -1.63. The molecule has 0 unspecified atom stereocenters. The summed E-state index contributed by atoms with van der Waals surface area (Å²) in [7, 11) is 0. The van der Waals surface area contributed by atoms with Crippen LogP contribution in [-0.2, 0) is 6.18 Å². The Balaban J connectivity index is 2.37. The molecule has 0 aliphatic heterocycles. The third-order valence-electron chi connectivity index (χ3n) is 1.91. The molecule has 2 rings (SSSR count). The Bertz CT molecular complexity index is 492. The van der Waals surface area contributed by atoms with Gasteiger partial charge in [0.25, 0.3) is 0 Å². The van der Waals surface area contributed by atoms with Crippen molar-refractivity contribution in [2.75, 3.05) is 0 Å². The molecule has 0 aliphatic rings. The second kappa shape index (κ2) is 3.75. The molecule has 2 aromatic rings. The van der Waals surface area contributed by atoms with Gasteiger partial charge in [-0.1, -0.05) is 12.1 Å². The predicted octanol–water partition coefficient (Wildman–Crippen LogP) is 2.78. The number of halogens is 3. The summed E-state index contributed by atoms with van der Waals surface area (Å²) in [4.78, 5) is 0.189. The smallest absolute Gasteiger partial charge is 0.301 e. The van der Waals surface area contributed by atoms with Crippen LogP contribution in [-0.4, -0.2) is 4.55 Å². The van der Waals surface area contributed by atoms with Crippen LogP contribution in [0, 0.1) is 0 Å². The van der Waals surface area contributed by atoms with Gasteiger partial charge in [0.05, 0.1) is 5.56 Å². The average Bonchev–Trinajstić information content (AvgIpc) is 2.63. The average molecular weight is 247 g/mol. The molecule has 0 spiro atoms. The van der Waals surface area contributed by atoms with Crippen molar-refractivity contribution in [1.29, 1.82) is 0 Å². The lowest BCUT2D eigenvalue weighted by Gasteiger charge is -2.06. The van der Waals surface area contributed by atoms with Gasteiger partial charge in [0.2, 0.25) is 0 Å². The zero-order valence-electron chi connectivity index (χ0n) is 7.62. The fourth-order valence-corrected chi connectivity index (χ4v) is 1.68. The fourth-order valence-electron chi connectivity index (χ4n) is 1.15. The maximum Gasteiger partial charge on any atom is 0.416 e. The Kier molecular flexibility index (Phi) is 2.55. The molecule has 1 aromatic heterocycles. The highest BCUT2D eigenvalue weighted by molar-refractivity contribution is 7.09. The van der Waals surface area contributed by atoms with Crippen LogP contribution in [0.2, 0.25) is 0 Å². The zero-order chi connectivity index (χ0) is 11.8. The molecule has 0 N–H and O–H groups in total. The van der Waals surface area contributed by atoms with Gasteiger partial charge in [-0.15, -0.1) is 0 Å². The molecule has 16 heavy (non-hydrogen) atoms. The highest BCUT2D eigenvalue weighted by Crippen LogP contribution is 2.34. The zero-order valence-corrected chi connectivity index (χ0v) is 8.43. The van der Waals surface area contributed by atoms with Crippen molar-refractivity contribution in [3.05, 3.63) is 29.8 Å².